The molecule has 1 aromatic carbocycles. The number of benzene rings is 1. The van der Waals surface area contributed by atoms with Crippen LogP contribution in [0, 0.1) is 5.92 Å². The van der Waals surface area contributed by atoms with Crippen molar-refractivity contribution in [3.63, 3.8) is 0 Å². The molecule has 0 radical (unpaired) electrons. The lowest BCUT2D eigenvalue weighted by Crippen LogP contribution is -2.41. The molecule has 1 atom stereocenters. The van der Waals surface area contributed by atoms with Crippen molar-refractivity contribution in [1.82, 2.24) is 10.3 Å². The van der Waals surface area contributed by atoms with Crippen LogP contribution in [0.3, 0.4) is 0 Å². The molecule has 0 aliphatic heterocycles. The van der Waals surface area contributed by atoms with E-state index in [-0.39, 0.29) is 0 Å². The van der Waals surface area contributed by atoms with Crippen molar-refractivity contribution in [3.8, 4) is 0 Å². The average Bonchev–Trinajstić information content (AvgIpc) is 2.76. The first-order valence-electron chi connectivity index (χ1n) is 7.44. The Bertz CT molecular complexity index is 497. The van der Waals surface area contributed by atoms with Crippen molar-refractivity contribution in [1.29, 1.82) is 0 Å². The van der Waals surface area contributed by atoms with Crippen molar-refractivity contribution >= 4 is 11.1 Å². The summed E-state index contributed by atoms with van der Waals surface area (Å²) in [5.74, 6) is 1.68. The first kappa shape index (κ1) is 12.7. The molecule has 3 heteroatoms. The normalized spacial score (nSPS) is 17.5. The summed E-state index contributed by atoms with van der Waals surface area (Å²) in [7, 11) is 0. The maximum absolute atomic E-state index is 5.85. The van der Waals surface area contributed by atoms with Gasteiger partial charge < -0.3 is 9.73 Å². The summed E-state index contributed by atoms with van der Waals surface area (Å²) in [6.45, 7) is 3.30. The van der Waals surface area contributed by atoms with Crippen LogP contribution in [0.4, 0.5) is 0 Å². The van der Waals surface area contributed by atoms with Crippen LogP contribution in [0.2, 0.25) is 0 Å². The quantitative estimate of drug-likeness (QED) is 0.861. The molecule has 3 nitrogen and oxygen atoms in total. The van der Waals surface area contributed by atoms with E-state index in [0.717, 1.165) is 35.9 Å². The molecule has 1 aliphatic carbocycles. The lowest BCUT2D eigenvalue weighted by atomic mass is 9.78. The molecule has 1 aromatic heterocycles. The van der Waals surface area contributed by atoms with Crippen LogP contribution in [-0.2, 0) is 6.42 Å². The molecule has 2 aromatic rings. The van der Waals surface area contributed by atoms with E-state index in [4.69, 9.17) is 4.42 Å². The Morgan fingerprint density at radius 1 is 1.37 bits per heavy atom. The predicted molar refractivity (Wildman–Crippen MR) is 77.1 cm³/mol. The largest absolute Gasteiger partial charge is 0.441 e. The Kier molecular flexibility index (Phi) is 3.83. The zero-order chi connectivity index (χ0) is 13.1. The minimum atomic E-state index is 0.529. The highest BCUT2D eigenvalue weighted by Gasteiger charge is 2.28. The van der Waals surface area contributed by atoms with Crippen molar-refractivity contribution in [2.75, 3.05) is 6.54 Å². The van der Waals surface area contributed by atoms with Gasteiger partial charge >= 0.3 is 0 Å². The first-order chi connectivity index (χ1) is 9.36. The SMILES string of the molecule is CCCNC(Cc1nc2ccccc2o1)C1CCC1. The molecule has 1 N–H and O–H groups in total. The molecule has 0 amide bonds. The van der Waals surface area contributed by atoms with Crippen LogP contribution in [0.5, 0.6) is 0 Å². The van der Waals surface area contributed by atoms with E-state index in [1.807, 2.05) is 24.3 Å². The zero-order valence-corrected chi connectivity index (χ0v) is 11.6. The maximum atomic E-state index is 5.85. The Labute approximate surface area is 114 Å². The van der Waals surface area contributed by atoms with Crippen molar-refractivity contribution in [2.24, 2.45) is 5.92 Å². The molecule has 102 valence electrons. The summed E-state index contributed by atoms with van der Waals surface area (Å²) in [5.41, 5.74) is 1.88. The summed E-state index contributed by atoms with van der Waals surface area (Å²) < 4.78 is 5.85. The van der Waals surface area contributed by atoms with Crippen LogP contribution in [-0.4, -0.2) is 17.6 Å². The fourth-order valence-corrected chi connectivity index (χ4v) is 2.77. The lowest BCUT2D eigenvalue weighted by Gasteiger charge is -2.33. The molecule has 0 bridgehead atoms. The van der Waals surface area contributed by atoms with E-state index >= 15 is 0 Å². The van der Waals surface area contributed by atoms with Crippen molar-refractivity contribution in [2.45, 2.75) is 45.1 Å². The maximum Gasteiger partial charge on any atom is 0.197 e. The van der Waals surface area contributed by atoms with Crippen molar-refractivity contribution < 1.29 is 4.42 Å². The minimum Gasteiger partial charge on any atom is -0.441 e. The molecule has 1 heterocycles. The summed E-state index contributed by atoms with van der Waals surface area (Å²) >= 11 is 0. The standard InChI is InChI=1S/C16H22N2O/c1-2-10-17-14(12-6-5-7-12)11-16-18-13-8-3-4-9-15(13)19-16/h3-4,8-9,12,14,17H,2,5-7,10-11H2,1H3. The number of rotatable bonds is 6. The minimum absolute atomic E-state index is 0.529. The van der Waals surface area contributed by atoms with Crippen LogP contribution >= 0.6 is 0 Å². The summed E-state index contributed by atoms with van der Waals surface area (Å²) in [6.07, 6.45) is 6.17. The number of nitrogens with one attached hydrogen (secondary N) is 1. The molecule has 3 rings (SSSR count). The van der Waals surface area contributed by atoms with E-state index in [9.17, 15) is 0 Å². The molecular formula is C16H22N2O. The molecule has 0 spiro atoms. The number of aromatic nitrogens is 1. The third kappa shape index (κ3) is 2.81. The van der Waals surface area contributed by atoms with Gasteiger partial charge in [0.15, 0.2) is 11.5 Å². The van der Waals surface area contributed by atoms with Gasteiger partial charge in [0.1, 0.15) is 5.52 Å². The Morgan fingerprint density at radius 3 is 2.89 bits per heavy atom. The third-order valence-corrected chi connectivity index (χ3v) is 4.11. The zero-order valence-electron chi connectivity index (χ0n) is 11.6. The third-order valence-electron chi connectivity index (χ3n) is 4.11. The van der Waals surface area contributed by atoms with E-state index < -0.39 is 0 Å². The van der Waals surface area contributed by atoms with E-state index in [1.165, 1.54) is 25.7 Å². The van der Waals surface area contributed by atoms with Crippen LogP contribution in [0.25, 0.3) is 11.1 Å². The van der Waals surface area contributed by atoms with Crippen LogP contribution in [0.15, 0.2) is 28.7 Å². The van der Waals surface area contributed by atoms with E-state index in [0.29, 0.717) is 6.04 Å². The van der Waals surface area contributed by atoms with E-state index in [1.54, 1.807) is 0 Å². The van der Waals surface area contributed by atoms with Gasteiger partial charge in [0.25, 0.3) is 0 Å². The van der Waals surface area contributed by atoms with Gasteiger partial charge in [-0.15, -0.1) is 0 Å². The smallest absolute Gasteiger partial charge is 0.197 e. The molecule has 19 heavy (non-hydrogen) atoms. The summed E-state index contributed by atoms with van der Waals surface area (Å²) in [4.78, 5) is 4.59. The topological polar surface area (TPSA) is 38.1 Å². The highest BCUT2D eigenvalue weighted by Crippen LogP contribution is 2.31. The van der Waals surface area contributed by atoms with Gasteiger partial charge in [-0.3, -0.25) is 0 Å². The van der Waals surface area contributed by atoms with Gasteiger partial charge in [0.05, 0.1) is 0 Å². The monoisotopic (exact) mass is 258 g/mol. The molecule has 1 unspecified atom stereocenters. The highest BCUT2D eigenvalue weighted by molar-refractivity contribution is 5.72. The van der Waals surface area contributed by atoms with Crippen molar-refractivity contribution in [3.05, 3.63) is 30.2 Å². The van der Waals surface area contributed by atoms with Gasteiger partial charge in [0.2, 0.25) is 0 Å². The van der Waals surface area contributed by atoms with Gasteiger partial charge in [-0.25, -0.2) is 4.98 Å². The van der Waals surface area contributed by atoms with Gasteiger partial charge in [0, 0.05) is 12.5 Å². The number of oxazole rings is 1. The molecule has 1 saturated carbocycles. The molecule has 1 aliphatic rings. The second-order valence-corrected chi connectivity index (χ2v) is 5.53. The van der Waals surface area contributed by atoms with E-state index in [2.05, 4.69) is 17.2 Å². The number of para-hydroxylation sites is 2. The number of hydrogen-bond donors (Lipinski definition) is 1. The number of nitrogens with zero attached hydrogens (tertiary/aromatic N) is 1. The fraction of sp³-hybridized carbons (Fsp3) is 0.562. The molecule has 1 fully saturated rings. The summed E-state index contributed by atoms with van der Waals surface area (Å²) in [6, 6.07) is 8.54. The lowest BCUT2D eigenvalue weighted by molar-refractivity contribution is 0.220. The predicted octanol–water partition coefficient (Wildman–Crippen LogP) is 3.54. The average molecular weight is 258 g/mol. The fourth-order valence-electron chi connectivity index (χ4n) is 2.77. The summed E-state index contributed by atoms with van der Waals surface area (Å²) in [5, 5.41) is 3.66. The second kappa shape index (κ2) is 5.74. The Hall–Kier alpha value is -1.35. The molecular weight excluding hydrogens is 236 g/mol. The number of hydrogen-bond acceptors (Lipinski definition) is 3. The first-order valence-corrected chi connectivity index (χ1v) is 7.44. The van der Waals surface area contributed by atoms with Gasteiger partial charge in [-0.05, 0) is 43.9 Å². The van der Waals surface area contributed by atoms with Crippen LogP contribution in [0.1, 0.15) is 38.5 Å². The highest BCUT2D eigenvalue weighted by atomic mass is 16.3. The number of fused-ring (bicyclic) bond motifs is 1. The Balaban J connectivity index is 1.72. The van der Waals surface area contributed by atoms with Gasteiger partial charge in [-0.2, -0.15) is 0 Å². The van der Waals surface area contributed by atoms with Gasteiger partial charge in [-0.1, -0.05) is 25.5 Å². The van der Waals surface area contributed by atoms with Crippen LogP contribution < -0.4 is 5.32 Å². The second-order valence-electron chi connectivity index (χ2n) is 5.53. The molecule has 0 saturated heterocycles. The Morgan fingerprint density at radius 2 is 2.21 bits per heavy atom.